The predicted molar refractivity (Wildman–Crippen MR) is 61.4 cm³/mol. The fourth-order valence-electron chi connectivity index (χ4n) is 1.71. The topological polar surface area (TPSA) is 23.6 Å². The fraction of sp³-hybridized carbons (Fsp3) is 0.750. The molecule has 0 aromatic rings. The minimum Gasteiger partial charge on any atom is -0.332 e. The van der Waals surface area contributed by atoms with E-state index in [0.29, 0.717) is 6.54 Å². The van der Waals surface area contributed by atoms with Gasteiger partial charge in [0.1, 0.15) is 0 Å². The minimum atomic E-state index is 0.105. The first-order valence-electron chi connectivity index (χ1n) is 5.67. The van der Waals surface area contributed by atoms with Crippen LogP contribution >= 0.6 is 0 Å². The van der Waals surface area contributed by atoms with Crippen LogP contribution in [-0.4, -0.2) is 48.4 Å². The van der Waals surface area contributed by atoms with Crippen LogP contribution in [0.15, 0.2) is 0 Å². The summed E-state index contributed by atoms with van der Waals surface area (Å²) in [5, 5.41) is 0. The maximum absolute atomic E-state index is 11.1. The summed E-state index contributed by atoms with van der Waals surface area (Å²) < 4.78 is 0. The Morgan fingerprint density at radius 1 is 1.33 bits per heavy atom. The zero-order chi connectivity index (χ0) is 11.1. The van der Waals surface area contributed by atoms with Gasteiger partial charge in [0.25, 0.3) is 0 Å². The number of hydrogen-bond donors (Lipinski definition) is 0. The molecule has 1 fully saturated rings. The third-order valence-electron chi connectivity index (χ3n) is 2.72. The van der Waals surface area contributed by atoms with Crippen molar-refractivity contribution in [3.8, 4) is 11.8 Å². The average molecular weight is 208 g/mol. The molecule has 3 nitrogen and oxygen atoms in total. The first-order chi connectivity index (χ1) is 7.24. The first kappa shape index (κ1) is 12.1. The van der Waals surface area contributed by atoms with Crippen molar-refractivity contribution in [1.82, 2.24) is 9.80 Å². The van der Waals surface area contributed by atoms with Gasteiger partial charge < -0.3 is 4.90 Å². The van der Waals surface area contributed by atoms with E-state index in [4.69, 9.17) is 0 Å². The lowest BCUT2D eigenvalue weighted by Gasteiger charge is -2.14. The number of hydrogen-bond acceptors (Lipinski definition) is 2. The highest BCUT2D eigenvalue weighted by Gasteiger charge is 2.08. The Hall–Kier alpha value is -1.01. The third kappa shape index (κ3) is 4.35. The second-order valence-electron chi connectivity index (χ2n) is 3.87. The van der Waals surface area contributed by atoms with E-state index in [1.165, 1.54) is 25.9 Å². The van der Waals surface area contributed by atoms with E-state index in [0.717, 1.165) is 13.1 Å². The van der Waals surface area contributed by atoms with Gasteiger partial charge in [0.2, 0.25) is 5.91 Å². The summed E-state index contributed by atoms with van der Waals surface area (Å²) in [6.45, 7) is 8.09. The molecule has 3 heteroatoms. The number of likely N-dealkylation sites (tertiary alicyclic amines) is 1. The summed E-state index contributed by atoms with van der Waals surface area (Å²) in [6.07, 6.45) is 2.60. The van der Waals surface area contributed by atoms with Crippen LogP contribution in [0, 0.1) is 11.8 Å². The van der Waals surface area contributed by atoms with Crippen molar-refractivity contribution >= 4 is 5.91 Å². The van der Waals surface area contributed by atoms with Crippen molar-refractivity contribution in [2.24, 2.45) is 0 Å². The molecule has 0 bridgehead atoms. The van der Waals surface area contributed by atoms with E-state index in [9.17, 15) is 4.79 Å². The van der Waals surface area contributed by atoms with Gasteiger partial charge in [-0.1, -0.05) is 11.8 Å². The maximum Gasteiger partial charge on any atom is 0.220 e. The van der Waals surface area contributed by atoms with Crippen LogP contribution in [0.4, 0.5) is 0 Å². The molecule has 1 aliphatic rings. The lowest BCUT2D eigenvalue weighted by Crippen LogP contribution is -2.28. The Bertz CT molecular complexity index is 259. The number of rotatable bonds is 3. The lowest BCUT2D eigenvalue weighted by molar-refractivity contribution is -0.128. The van der Waals surface area contributed by atoms with Crippen molar-refractivity contribution < 1.29 is 4.79 Å². The molecule has 0 radical (unpaired) electrons. The Morgan fingerprint density at radius 3 is 2.53 bits per heavy atom. The Kier molecular flexibility index (Phi) is 5.20. The van der Waals surface area contributed by atoms with E-state index in [2.05, 4.69) is 16.7 Å². The van der Waals surface area contributed by atoms with Crippen molar-refractivity contribution in [3.05, 3.63) is 0 Å². The highest BCUT2D eigenvalue weighted by atomic mass is 16.2. The first-order valence-corrected chi connectivity index (χ1v) is 5.67. The molecule has 0 aliphatic carbocycles. The van der Waals surface area contributed by atoms with Gasteiger partial charge in [-0.2, -0.15) is 0 Å². The lowest BCUT2D eigenvalue weighted by atomic mass is 10.4. The standard InChI is InChI=1S/C12H20N2O/c1-3-14(12(2)15)11-7-6-10-13-8-4-5-9-13/h3-5,8-11H2,1-2H3. The van der Waals surface area contributed by atoms with Gasteiger partial charge in [-0.3, -0.25) is 9.69 Å². The van der Waals surface area contributed by atoms with E-state index in [1.54, 1.807) is 11.8 Å². The number of nitrogens with zero attached hydrogens (tertiary/aromatic N) is 2. The van der Waals surface area contributed by atoms with Crippen LogP contribution < -0.4 is 0 Å². The van der Waals surface area contributed by atoms with Gasteiger partial charge in [0.15, 0.2) is 0 Å². The molecule has 0 spiro atoms. The predicted octanol–water partition coefficient (Wildman–Crippen LogP) is 0.954. The molecule has 0 unspecified atom stereocenters. The van der Waals surface area contributed by atoms with Crippen LogP contribution in [0.2, 0.25) is 0 Å². The van der Waals surface area contributed by atoms with E-state index < -0.39 is 0 Å². The van der Waals surface area contributed by atoms with Gasteiger partial charge in [-0.25, -0.2) is 0 Å². The Labute approximate surface area is 92.4 Å². The molecule has 0 aromatic heterocycles. The molecular formula is C12H20N2O. The molecule has 0 aromatic carbocycles. The van der Waals surface area contributed by atoms with Crippen LogP contribution in [0.5, 0.6) is 0 Å². The summed E-state index contributed by atoms with van der Waals surface area (Å²) >= 11 is 0. The van der Waals surface area contributed by atoms with E-state index in [-0.39, 0.29) is 5.91 Å². The van der Waals surface area contributed by atoms with Gasteiger partial charge in [0.05, 0.1) is 13.1 Å². The largest absolute Gasteiger partial charge is 0.332 e. The molecule has 1 rings (SSSR count). The quantitative estimate of drug-likeness (QED) is 0.645. The maximum atomic E-state index is 11.1. The molecular weight excluding hydrogens is 188 g/mol. The van der Waals surface area contributed by atoms with Crippen molar-refractivity contribution in [2.75, 3.05) is 32.7 Å². The van der Waals surface area contributed by atoms with Gasteiger partial charge in [-0.15, -0.1) is 0 Å². The SMILES string of the molecule is CCN(CC#CCN1CCCC1)C(C)=O. The van der Waals surface area contributed by atoms with Crippen molar-refractivity contribution in [1.29, 1.82) is 0 Å². The monoisotopic (exact) mass is 208 g/mol. The van der Waals surface area contributed by atoms with Crippen LogP contribution in [-0.2, 0) is 4.79 Å². The molecule has 0 saturated carbocycles. The highest BCUT2D eigenvalue weighted by Crippen LogP contribution is 2.05. The fourth-order valence-corrected chi connectivity index (χ4v) is 1.71. The summed E-state index contributed by atoms with van der Waals surface area (Å²) in [6, 6.07) is 0. The Balaban J connectivity index is 2.22. The molecule has 0 atom stereocenters. The smallest absolute Gasteiger partial charge is 0.220 e. The summed E-state index contributed by atoms with van der Waals surface area (Å²) in [5.41, 5.74) is 0. The minimum absolute atomic E-state index is 0.105. The molecule has 84 valence electrons. The summed E-state index contributed by atoms with van der Waals surface area (Å²) in [4.78, 5) is 15.2. The van der Waals surface area contributed by atoms with Gasteiger partial charge in [0, 0.05) is 13.5 Å². The summed E-state index contributed by atoms with van der Waals surface area (Å²) in [5.74, 6) is 6.29. The second-order valence-corrected chi connectivity index (χ2v) is 3.87. The zero-order valence-electron chi connectivity index (χ0n) is 9.75. The highest BCUT2D eigenvalue weighted by molar-refractivity contribution is 5.73. The van der Waals surface area contributed by atoms with Crippen LogP contribution in [0.3, 0.4) is 0 Å². The molecule has 1 heterocycles. The van der Waals surface area contributed by atoms with E-state index in [1.807, 2.05) is 6.92 Å². The number of carbonyl (C=O) groups excluding carboxylic acids is 1. The molecule has 1 aliphatic heterocycles. The van der Waals surface area contributed by atoms with E-state index >= 15 is 0 Å². The molecule has 0 N–H and O–H groups in total. The van der Waals surface area contributed by atoms with Crippen LogP contribution in [0.1, 0.15) is 26.7 Å². The van der Waals surface area contributed by atoms with Crippen LogP contribution in [0.25, 0.3) is 0 Å². The molecule has 1 saturated heterocycles. The number of amides is 1. The molecule has 15 heavy (non-hydrogen) atoms. The zero-order valence-corrected chi connectivity index (χ0v) is 9.75. The van der Waals surface area contributed by atoms with Crippen molar-refractivity contribution in [2.45, 2.75) is 26.7 Å². The van der Waals surface area contributed by atoms with Crippen molar-refractivity contribution in [3.63, 3.8) is 0 Å². The number of carbonyl (C=O) groups is 1. The normalized spacial score (nSPS) is 15.9. The Morgan fingerprint density at radius 2 is 2.00 bits per heavy atom. The third-order valence-corrected chi connectivity index (χ3v) is 2.72. The molecule has 1 amide bonds. The summed E-state index contributed by atoms with van der Waals surface area (Å²) in [7, 11) is 0. The second kappa shape index (κ2) is 6.47. The van der Waals surface area contributed by atoms with Gasteiger partial charge in [-0.05, 0) is 32.9 Å². The average Bonchev–Trinajstić information content (AvgIpc) is 2.70. The van der Waals surface area contributed by atoms with Gasteiger partial charge >= 0.3 is 0 Å².